The predicted octanol–water partition coefficient (Wildman–Crippen LogP) is 5.06. The molecule has 5 aromatic rings. The van der Waals surface area contributed by atoms with Gasteiger partial charge in [-0.15, -0.1) is 0 Å². The highest BCUT2D eigenvalue weighted by molar-refractivity contribution is 5.83. The summed E-state index contributed by atoms with van der Waals surface area (Å²) in [6.45, 7) is 1.87. The van der Waals surface area contributed by atoms with E-state index in [4.69, 9.17) is 5.10 Å². The summed E-state index contributed by atoms with van der Waals surface area (Å²) < 4.78 is 3.71. The second-order valence-electron chi connectivity index (χ2n) is 7.75. The van der Waals surface area contributed by atoms with Gasteiger partial charge < -0.3 is 5.11 Å². The molecule has 0 spiro atoms. The molecule has 1 aromatic heterocycles. The van der Waals surface area contributed by atoms with E-state index in [1.165, 1.54) is 0 Å². The van der Waals surface area contributed by atoms with Gasteiger partial charge in [0.15, 0.2) is 0 Å². The molecule has 0 fully saturated rings. The van der Waals surface area contributed by atoms with Gasteiger partial charge in [-0.05, 0) is 60.2 Å². The number of hydrogen-bond donors (Lipinski definition) is 0. The van der Waals surface area contributed by atoms with Crippen molar-refractivity contribution in [3.8, 4) is 22.8 Å². The zero-order valence-electron chi connectivity index (χ0n) is 18.3. The van der Waals surface area contributed by atoms with Crippen molar-refractivity contribution in [1.29, 1.82) is 0 Å². The Kier molecular flexibility index (Phi) is 5.56. The van der Waals surface area contributed by atoms with E-state index in [9.17, 15) is 5.11 Å². The first-order chi connectivity index (χ1) is 16.2. The first-order valence-electron chi connectivity index (χ1n) is 10.9. The lowest BCUT2D eigenvalue weighted by Gasteiger charge is -2.16. The molecular weight excluding hydrogens is 406 g/mol. The smallest absolute Gasteiger partial charge is 0.314 e. The van der Waals surface area contributed by atoms with Crippen LogP contribution in [0.5, 0.6) is 0 Å². The fourth-order valence-electron chi connectivity index (χ4n) is 3.91. The fraction of sp³-hybridized carbons (Fsp3) is 0.0345. The summed E-state index contributed by atoms with van der Waals surface area (Å²) >= 11 is 0. The van der Waals surface area contributed by atoms with Gasteiger partial charge in [-0.3, -0.25) is 0 Å². The Hall–Kier alpha value is -4.44. The topological polar surface area (TPSA) is 44.8 Å². The number of aromatic nitrogens is 3. The summed E-state index contributed by atoms with van der Waals surface area (Å²) in [5.41, 5.74) is 4.19. The molecule has 0 bridgehead atoms. The van der Waals surface area contributed by atoms with Crippen LogP contribution in [0.1, 0.15) is 18.3 Å². The average molecular weight is 430 g/mol. The van der Waals surface area contributed by atoms with E-state index in [0.717, 1.165) is 22.5 Å². The van der Waals surface area contributed by atoms with Crippen molar-refractivity contribution in [3.05, 3.63) is 133 Å². The van der Waals surface area contributed by atoms with Crippen LogP contribution < -0.4 is 9.67 Å². The number of rotatable bonds is 5. The van der Waals surface area contributed by atoms with Gasteiger partial charge in [0.1, 0.15) is 11.4 Å². The highest BCUT2D eigenvalue weighted by Gasteiger charge is 2.29. The van der Waals surface area contributed by atoms with Crippen molar-refractivity contribution in [2.45, 2.75) is 6.92 Å². The van der Waals surface area contributed by atoms with Crippen molar-refractivity contribution >= 4 is 11.3 Å². The van der Waals surface area contributed by atoms with Crippen LogP contribution in [0.15, 0.2) is 121 Å². The fourth-order valence-corrected chi connectivity index (χ4v) is 3.91. The van der Waals surface area contributed by atoms with Gasteiger partial charge in [-0.2, -0.15) is 4.57 Å². The Morgan fingerprint density at radius 2 is 1.21 bits per heavy atom. The van der Waals surface area contributed by atoms with Crippen molar-refractivity contribution in [2.75, 3.05) is 0 Å². The summed E-state index contributed by atoms with van der Waals surface area (Å²) in [5.74, 6) is 1.10. The third-order valence-electron chi connectivity index (χ3n) is 5.62. The molecule has 4 nitrogen and oxygen atoms in total. The number of nitrogens with zero attached hydrogens (tertiary/aromatic N) is 3. The normalized spacial score (nSPS) is 11.8. The molecule has 0 radical (unpaired) electrons. The van der Waals surface area contributed by atoms with Crippen LogP contribution >= 0.6 is 0 Å². The number of benzene rings is 4. The molecular formula is C29H23N3O. The average Bonchev–Trinajstić information content (AvgIpc) is 3.30. The molecule has 160 valence electrons. The molecule has 0 N–H and O–H groups in total. The Morgan fingerprint density at radius 3 is 1.82 bits per heavy atom. The summed E-state index contributed by atoms with van der Waals surface area (Å²) in [7, 11) is 0. The molecule has 33 heavy (non-hydrogen) atoms. The molecule has 0 aliphatic carbocycles. The summed E-state index contributed by atoms with van der Waals surface area (Å²) in [4.78, 5) is 0. The van der Waals surface area contributed by atoms with E-state index in [-0.39, 0.29) is 5.76 Å². The van der Waals surface area contributed by atoms with Gasteiger partial charge in [-0.25, -0.2) is 0 Å². The van der Waals surface area contributed by atoms with Gasteiger partial charge in [0.25, 0.3) is 5.82 Å². The van der Waals surface area contributed by atoms with Crippen molar-refractivity contribution in [2.24, 2.45) is 0 Å². The molecule has 5 rings (SSSR count). The Labute approximate surface area is 193 Å². The molecule has 1 heterocycles. The Bertz CT molecular complexity index is 1390. The van der Waals surface area contributed by atoms with E-state index >= 15 is 0 Å². The van der Waals surface area contributed by atoms with Crippen molar-refractivity contribution in [3.63, 3.8) is 0 Å². The van der Waals surface area contributed by atoms with Crippen LogP contribution in [0, 0.1) is 0 Å². The maximum Gasteiger partial charge on any atom is 0.314 e. The molecule has 0 saturated carbocycles. The zero-order chi connectivity index (χ0) is 22.6. The lowest BCUT2D eigenvalue weighted by molar-refractivity contribution is -0.591. The lowest BCUT2D eigenvalue weighted by Crippen LogP contribution is -2.38. The summed E-state index contributed by atoms with van der Waals surface area (Å²) in [6.07, 6.45) is 0. The van der Waals surface area contributed by atoms with E-state index in [1.54, 1.807) is 4.68 Å². The second kappa shape index (κ2) is 8.97. The quantitative estimate of drug-likeness (QED) is 0.289. The summed E-state index contributed by atoms with van der Waals surface area (Å²) in [5, 5.41) is 19.0. The number of hydrogen-bond acceptors (Lipinski definition) is 2. The van der Waals surface area contributed by atoms with E-state index in [0.29, 0.717) is 17.2 Å². The van der Waals surface area contributed by atoms with Gasteiger partial charge in [0.05, 0.1) is 10.7 Å². The van der Waals surface area contributed by atoms with E-state index < -0.39 is 0 Å². The second-order valence-corrected chi connectivity index (χ2v) is 7.75. The van der Waals surface area contributed by atoms with Gasteiger partial charge in [0, 0.05) is 0 Å². The monoisotopic (exact) mass is 429 g/mol. The first kappa shape index (κ1) is 20.5. The van der Waals surface area contributed by atoms with Crippen LogP contribution in [0.4, 0.5) is 0 Å². The van der Waals surface area contributed by atoms with Crippen LogP contribution in [0.3, 0.4) is 0 Å². The van der Waals surface area contributed by atoms with E-state index in [1.807, 2.05) is 133 Å². The highest BCUT2D eigenvalue weighted by atomic mass is 16.3. The van der Waals surface area contributed by atoms with Gasteiger partial charge in [-0.1, -0.05) is 89.6 Å². The zero-order valence-corrected chi connectivity index (χ0v) is 18.3. The lowest BCUT2D eigenvalue weighted by atomic mass is 10.1. The highest BCUT2D eigenvalue weighted by Crippen LogP contribution is 2.26. The van der Waals surface area contributed by atoms with E-state index in [2.05, 4.69) is 0 Å². The minimum absolute atomic E-state index is 0.0800. The molecule has 4 heteroatoms. The molecule has 0 unspecified atom stereocenters. The standard InChI is InChI=1S/C29H23N3O/c1-22(23-14-6-2-7-15-23)27(33)29-31(25-18-10-4-11-19-25)28(24-16-8-3-9-17-24)30-32(29)26-20-12-5-13-21-26/h2-21H,1H3/b27-22-. The maximum absolute atomic E-state index is 14.1. The Balaban J connectivity index is 1.87. The molecule has 0 aliphatic rings. The van der Waals surface area contributed by atoms with Crippen LogP contribution in [0.25, 0.3) is 34.1 Å². The molecule has 4 aromatic carbocycles. The predicted molar refractivity (Wildman–Crippen MR) is 129 cm³/mol. The van der Waals surface area contributed by atoms with Crippen molar-refractivity contribution in [1.82, 2.24) is 9.78 Å². The molecule has 0 aliphatic heterocycles. The third kappa shape index (κ3) is 3.94. The van der Waals surface area contributed by atoms with Crippen LogP contribution in [-0.4, -0.2) is 9.78 Å². The van der Waals surface area contributed by atoms with Gasteiger partial charge >= 0.3 is 5.82 Å². The maximum atomic E-state index is 14.1. The minimum Gasteiger partial charge on any atom is -0.868 e. The first-order valence-corrected chi connectivity index (χ1v) is 10.9. The Morgan fingerprint density at radius 1 is 0.697 bits per heavy atom. The van der Waals surface area contributed by atoms with Crippen LogP contribution in [-0.2, 0) is 0 Å². The van der Waals surface area contributed by atoms with Gasteiger partial charge in [0.2, 0.25) is 0 Å². The summed E-state index contributed by atoms with van der Waals surface area (Å²) in [6, 6.07) is 39.4. The number of para-hydroxylation sites is 2. The van der Waals surface area contributed by atoms with Crippen molar-refractivity contribution < 1.29 is 9.67 Å². The van der Waals surface area contributed by atoms with Crippen LogP contribution in [0.2, 0.25) is 0 Å². The third-order valence-corrected chi connectivity index (χ3v) is 5.62. The SMILES string of the molecule is C/C(=C(/[O-])c1n(-c2ccccc2)nc(-c2ccccc2)[n+]1-c1ccccc1)c1ccccc1. The number of allylic oxidation sites excluding steroid dienone is 1. The largest absolute Gasteiger partial charge is 0.868 e. The molecule has 0 atom stereocenters. The minimum atomic E-state index is -0.0800. The molecule has 0 amide bonds. The molecule has 0 saturated heterocycles.